The van der Waals surface area contributed by atoms with Gasteiger partial charge in [0.25, 0.3) is 0 Å². The number of benzene rings is 3. The van der Waals surface area contributed by atoms with E-state index in [0.717, 1.165) is 12.1 Å². The van der Waals surface area contributed by atoms with Crippen molar-refractivity contribution in [1.82, 2.24) is 4.98 Å². The van der Waals surface area contributed by atoms with E-state index in [-0.39, 0.29) is 63.7 Å². The minimum absolute atomic E-state index is 0.0211. The number of nitrogens with one attached hydrogen (secondary N) is 1. The number of rotatable bonds is 9. The molecule has 0 amide bonds. The number of aromatic nitrogens is 1. The Kier molecular flexibility index (Phi) is 8.02. The van der Waals surface area contributed by atoms with E-state index in [1.807, 2.05) is 6.07 Å². The van der Waals surface area contributed by atoms with Gasteiger partial charge in [-0.25, -0.2) is 4.98 Å². The molecule has 0 bridgehead atoms. The zero-order valence-electron chi connectivity index (χ0n) is 20.1. The second-order valence-corrected chi connectivity index (χ2v) is 8.73. The third-order valence-electron chi connectivity index (χ3n) is 5.73. The van der Waals surface area contributed by atoms with Crippen LogP contribution in [0, 0.1) is 11.3 Å². The lowest BCUT2D eigenvalue weighted by Crippen LogP contribution is -2.15. The number of hydrogen-bond donors (Lipinski definition) is 2. The van der Waals surface area contributed by atoms with Gasteiger partial charge in [-0.1, -0.05) is 29.8 Å². The molecule has 4 aromatic rings. The number of carbonyl (C=O) groups is 2. The maximum absolute atomic E-state index is 13.5. The highest BCUT2D eigenvalue weighted by atomic mass is 35.5. The molecule has 0 saturated carbocycles. The smallest absolute Gasteiger partial charge is 0.417 e. The normalized spacial score (nSPS) is 11.2. The maximum Gasteiger partial charge on any atom is 0.417 e. The number of anilines is 1. The summed E-state index contributed by atoms with van der Waals surface area (Å²) in [6.45, 7) is -0.210. The topological polar surface area (TPSA) is 112 Å². The molecule has 0 spiro atoms. The van der Waals surface area contributed by atoms with Gasteiger partial charge in [-0.05, 0) is 48.5 Å². The van der Waals surface area contributed by atoms with Gasteiger partial charge in [-0.15, -0.1) is 0 Å². The molecule has 0 aliphatic rings. The molecular formula is C28H19ClF3N3O4. The summed E-state index contributed by atoms with van der Waals surface area (Å²) in [6.07, 6.45) is -4.82. The van der Waals surface area contributed by atoms with Gasteiger partial charge in [0.05, 0.1) is 52.6 Å². The molecule has 0 aliphatic carbocycles. The molecule has 198 valence electrons. The van der Waals surface area contributed by atoms with Crippen LogP contribution in [0.15, 0.2) is 66.7 Å². The van der Waals surface area contributed by atoms with E-state index in [1.165, 1.54) is 30.3 Å². The summed E-state index contributed by atoms with van der Waals surface area (Å²) < 4.78 is 46.0. The van der Waals surface area contributed by atoms with Crippen molar-refractivity contribution < 1.29 is 32.6 Å². The van der Waals surface area contributed by atoms with Gasteiger partial charge in [0.1, 0.15) is 11.8 Å². The monoisotopic (exact) mass is 553 g/mol. The van der Waals surface area contributed by atoms with Gasteiger partial charge in [0, 0.05) is 16.5 Å². The lowest BCUT2D eigenvalue weighted by Gasteiger charge is -2.14. The first-order chi connectivity index (χ1) is 18.6. The van der Waals surface area contributed by atoms with E-state index < -0.39 is 17.7 Å². The quantitative estimate of drug-likeness (QED) is 0.225. The van der Waals surface area contributed by atoms with Crippen LogP contribution in [-0.2, 0) is 11.0 Å². The van der Waals surface area contributed by atoms with Gasteiger partial charge < -0.3 is 15.2 Å². The number of fused-ring (bicyclic) bond motifs is 1. The summed E-state index contributed by atoms with van der Waals surface area (Å²) in [4.78, 5) is 28.1. The largest absolute Gasteiger partial charge is 0.491 e. The van der Waals surface area contributed by atoms with Gasteiger partial charge in [0.15, 0.2) is 5.78 Å². The Morgan fingerprint density at radius 2 is 1.85 bits per heavy atom. The zero-order chi connectivity index (χ0) is 28.2. The van der Waals surface area contributed by atoms with Crippen molar-refractivity contribution in [1.29, 1.82) is 5.26 Å². The fraction of sp³-hybridized carbons (Fsp3) is 0.143. The van der Waals surface area contributed by atoms with Crippen molar-refractivity contribution in [2.24, 2.45) is 0 Å². The number of halogens is 4. The lowest BCUT2D eigenvalue weighted by molar-refractivity contribution is -0.138. The predicted octanol–water partition coefficient (Wildman–Crippen LogP) is 6.59. The molecule has 11 heteroatoms. The van der Waals surface area contributed by atoms with E-state index >= 15 is 0 Å². The second-order valence-electron chi connectivity index (χ2n) is 8.33. The Bertz CT molecular complexity index is 1620. The predicted molar refractivity (Wildman–Crippen MR) is 139 cm³/mol. The molecule has 0 unspecified atom stereocenters. The Labute approximate surface area is 225 Å². The average Bonchev–Trinajstić information content (AvgIpc) is 2.90. The van der Waals surface area contributed by atoms with Crippen molar-refractivity contribution in [2.75, 3.05) is 18.5 Å². The SMILES string of the molecule is N#Cc1cc2c(C(F)(F)F)cccc2nc1-c1cc(C(=O)CNc2ccccc2OCCC(=O)O)ccc1Cl. The van der Waals surface area contributed by atoms with E-state index in [2.05, 4.69) is 10.3 Å². The summed E-state index contributed by atoms with van der Waals surface area (Å²) in [6, 6.07) is 17.6. The fourth-order valence-corrected chi connectivity index (χ4v) is 4.08. The van der Waals surface area contributed by atoms with E-state index in [4.69, 9.17) is 21.4 Å². The number of carboxylic acid groups (broad SMARTS) is 1. The third kappa shape index (κ3) is 6.27. The molecule has 4 rings (SSSR count). The molecule has 3 aromatic carbocycles. The minimum atomic E-state index is -4.63. The van der Waals surface area contributed by atoms with Crippen LogP contribution in [0.2, 0.25) is 5.02 Å². The van der Waals surface area contributed by atoms with Crippen LogP contribution in [0.5, 0.6) is 5.75 Å². The summed E-state index contributed by atoms with van der Waals surface area (Å²) >= 11 is 6.37. The highest BCUT2D eigenvalue weighted by Gasteiger charge is 2.33. The summed E-state index contributed by atoms with van der Waals surface area (Å²) in [7, 11) is 0. The molecule has 39 heavy (non-hydrogen) atoms. The molecule has 0 saturated heterocycles. The number of alkyl halides is 3. The van der Waals surface area contributed by atoms with Gasteiger partial charge in [0.2, 0.25) is 0 Å². The number of ether oxygens (including phenoxy) is 1. The van der Waals surface area contributed by atoms with Gasteiger partial charge >= 0.3 is 12.1 Å². The molecule has 0 atom stereocenters. The number of nitrogens with zero attached hydrogens (tertiary/aromatic N) is 2. The summed E-state index contributed by atoms with van der Waals surface area (Å²) in [5.41, 5.74) is -0.0484. The van der Waals surface area contributed by atoms with Crippen LogP contribution >= 0.6 is 11.6 Å². The molecular weight excluding hydrogens is 535 g/mol. The summed E-state index contributed by atoms with van der Waals surface area (Å²) in [5, 5.41) is 21.4. The van der Waals surface area contributed by atoms with E-state index in [9.17, 15) is 28.0 Å². The number of Topliss-reactive ketones (excluding diaryl/α,β-unsaturated/α-hetero) is 1. The third-order valence-corrected chi connectivity index (χ3v) is 6.06. The number of carboxylic acids is 1. The van der Waals surface area contributed by atoms with E-state index in [1.54, 1.807) is 24.3 Å². The minimum Gasteiger partial charge on any atom is -0.491 e. The first kappa shape index (κ1) is 27.4. The van der Waals surface area contributed by atoms with Crippen LogP contribution in [0.3, 0.4) is 0 Å². The van der Waals surface area contributed by atoms with Crippen LogP contribution in [-0.4, -0.2) is 35.0 Å². The highest BCUT2D eigenvalue weighted by Crippen LogP contribution is 2.37. The van der Waals surface area contributed by atoms with Crippen LogP contribution in [0.25, 0.3) is 22.2 Å². The molecule has 0 aliphatic heterocycles. The molecule has 0 radical (unpaired) electrons. The molecule has 1 aromatic heterocycles. The van der Waals surface area contributed by atoms with Crippen molar-refractivity contribution in [3.8, 4) is 23.1 Å². The first-order valence-corrected chi connectivity index (χ1v) is 11.9. The molecule has 7 nitrogen and oxygen atoms in total. The number of hydrogen-bond acceptors (Lipinski definition) is 6. The number of pyridine rings is 1. The maximum atomic E-state index is 13.5. The second kappa shape index (κ2) is 11.4. The summed E-state index contributed by atoms with van der Waals surface area (Å²) in [5.74, 6) is -0.983. The van der Waals surface area contributed by atoms with Crippen molar-refractivity contribution in [3.05, 3.63) is 88.4 Å². The highest BCUT2D eigenvalue weighted by molar-refractivity contribution is 6.33. The van der Waals surface area contributed by atoms with Crippen molar-refractivity contribution in [2.45, 2.75) is 12.6 Å². The Morgan fingerprint density at radius 3 is 2.56 bits per heavy atom. The van der Waals surface area contributed by atoms with Crippen LogP contribution in [0.4, 0.5) is 18.9 Å². The van der Waals surface area contributed by atoms with Crippen LogP contribution < -0.4 is 10.1 Å². The van der Waals surface area contributed by atoms with Crippen molar-refractivity contribution >= 4 is 39.9 Å². The standard InChI is InChI=1S/C28H19ClF3N3O4/c29-21-9-8-16(24(36)15-34-23-5-1-2-7-25(23)39-11-10-26(37)38)12-19(21)27-17(14-33)13-18-20(28(30,31)32)4-3-6-22(18)35-27/h1-9,12-13,34H,10-11,15H2,(H,37,38). The van der Waals surface area contributed by atoms with Crippen LogP contribution in [0.1, 0.15) is 27.9 Å². The van der Waals surface area contributed by atoms with Gasteiger partial charge in [-0.3, -0.25) is 9.59 Å². The van der Waals surface area contributed by atoms with Crippen molar-refractivity contribution in [3.63, 3.8) is 0 Å². The first-order valence-electron chi connectivity index (χ1n) is 11.5. The number of para-hydroxylation sites is 2. The number of carbonyl (C=O) groups excluding carboxylic acids is 1. The number of ketones is 1. The lowest BCUT2D eigenvalue weighted by atomic mass is 9.99. The van der Waals surface area contributed by atoms with E-state index in [0.29, 0.717) is 11.4 Å². The average molecular weight is 554 g/mol. The molecule has 0 fully saturated rings. The Hall–Kier alpha value is -4.62. The Morgan fingerprint density at radius 1 is 1.08 bits per heavy atom. The molecule has 2 N–H and O–H groups in total. The van der Waals surface area contributed by atoms with Gasteiger partial charge in [-0.2, -0.15) is 18.4 Å². The Balaban J connectivity index is 1.62. The molecule has 1 heterocycles. The number of aliphatic carboxylic acids is 1. The zero-order valence-corrected chi connectivity index (χ0v) is 20.8. The number of nitriles is 1. The fourth-order valence-electron chi connectivity index (χ4n) is 3.88.